The second-order valence-corrected chi connectivity index (χ2v) is 5.64. The molecule has 0 unspecified atom stereocenters. The Morgan fingerprint density at radius 3 is 2.73 bits per heavy atom. The van der Waals surface area contributed by atoms with E-state index in [9.17, 15) is 0 Å². The fraction of sp³-hybridized carbons (Fsp3) is 0.294. The summed E-state index contributed by atoms with van der Waals surface area (Å²) < 4.78 is 7.36. The Bertz CT molecular complexity index is 836. The molecule has 5 heteroatoms. The van der Waals surface area contributed by atoms with Gasteiger partial charge in [-0.3, -0.25) is 4.40 Å². The number of anilines is 1. The average Bonchev–Trinajstić information content (AvgIpc) is 2.89. The molecule has 4 rings (SSSR count). The molecule has 0 radical (unpaired) electrons. The predicted octanol–water partition coefficient (Wildman–Crippen LogP) is 2.92. The molecule has 0 saturated carbocycles. The van der Waals surface area contributed by atoms with Crippen LogP contribution in [0.15, 0.2) is 36.7 Å². The van der Waals surface area contributed by atoms with Crippen molar-refractivity contribution in [1.29, 1.82) is 0 Å². The van der Waals surface area contributed by atoms with Crippen molar-refractivity contribution in [1.82, 2.24) is 14.4 Å². The number of aryl methyl sites for hydroxylation is 1. The molecule has 0 amide bonds. The molecule has 1 saturated heterocycles. The van der Waals surface area contributed by atoms with E-state index in [0.717, 1.165) is 47.3 Å². The van der Waals surface area contributed by atoms with Gasteiger partial charge in [-0.15, -0.1) is 0 Å². The first-order valence-corrected chi connectivity index (χ1v) is 7.50. The van der Waals surface area contributed by atoms with E-state index < -0.39 is 0 Å². The normalized spacial score (nSPS) is 14.2. The zero-order chi connectivity index (χ0) is 15.1. The van der Waals surface area contributed by atoms with Gasteiger partial charge in [0.1, 0.15) is 11.6 Å². The van der Waals surface area contributed by atoms with Gasteiger partial charge >= 0.3 is 0 Å². The van der Waals surface area contributed by atoms with Gasteiger partial charge in [-0.1, -0.05) is 12.1 Å². The predicted molar refractivity (Wildman–Crippen MR) is 86.5 cm³/mol. The molecule has 0 bridgehead atoms. The third-order valence-corrected chi connectivity index (χ3v) is 4.20. The molecule has 3 aromatic rings. The molecule has 1 aromatic carbocycles. The molecule has 0 N–H and O–H groups in total. The van der Waals surface area contributed by atoms with Gasteiger partial charge in [0.05, 0.1) is 12.8 Å². The summed E-state index contributed by atoms with van der Waals surface area (Å²) in [5.41, 5.74) is 3.07. The molecule has 1 fully saturated rings. The Morgan fingerprint density at radius 2 is 2.00 bits per heavy atom. The molecule has 22 heavy (non-hydrogen) atoms. The van der Waals surface area contributed by atoms with Gasteiger partial charge in [0.15, 0.2) is 0 Å². The molecule has 112 valence electrons. The molecule has 0 spiro atoms. The van der Waals surface area contributed by atoms with Gasteiger partial charge in [-0.05, 0) is 31.0 Å². The molecular formula is C17H18N4O. The molecule has 5 nitrogen and oxygen atoms in total. The first-order chi connectivity index (χ1) is 10.7. The lowest BCUT2D eigenvalue weighted by Crippen LogP contribution is -2.37. The van der Waals surface area contributed by atoms with E-state index in [1.807, 2.05) is 35.9 Å². The summed E-state index contributed by atoms with van der Waals surface area (Å²) in [6.07, 6.45) is 5.28. The minimum absolute atomic E-state index is 0.735. The topological polar surface area (TPSA) is 42.7 Å². The maximum Gasteiger partial charge on any atom is 0.236 e. The van der Waals surface area contributed by atoms with Crippen molar-refractivity contribution in [2.75, 3.05) is 25.1 Å². The van der Waals surface area contributed by atoms with E-state index in [-0.39, 0.29) is 0 Å². The second-order valence-electron chi connectivity index (χ2n) is 5.64. The SMILES string of the molecule is COc1cc(-c2cn3ccc(N4CCC4)nc3n2)ccc1C. The average molecular weight is 294 g/mol. The Balaban J connectivity index is 1.75. The second kappa shape index (κ2) is 5.02. The number of methoxy groups -OCH3 is 1. The highest BCUT2D eigenvalue weighted by molar-refractivity contribution is 5.64. The Kier molecular flexibility index (Phi) is 2.99. The lowest BCUT2D eigenvalue weighted by molar-refractivity contribution is 0.412. The van der Waals surface area contributed by atoms with Crippen LogP contribution < -0.4 is 9.64 Å². The van der Waals surface area contributed by atoms with Crippen LogP contribution in [0.3, 0.4) is 0 Å². The van der Waals surface area contributed by atoms with E-state index in [4.69, 9.17) is 4.74 Å². The standard InChI is InChI=1S/C17H18N4O/c1-12-4-5-13(10-15(12)22-2)14-11-21-9-6-16(19-17(21)18-14)20-7-3-8-20/h4-6,9-11H,3,7-8H2,1-2H3. The lowest BCUT2D eigenvalue weighted by Gasteiger charge is -2.31. The highest BCUT2D eigenvalue weighted by Crippen LogP contribution is 2.27. The van der Waals surface area contributed by atoms with E-state index in [0.29, 0.717) is 0 Å². The van der Waals surface area contributed by atoms with Gasteiger partial charge in [0.25, 0.3) is 0 Å². The van der Waals surface area contributed by atoms with Crippen LogP contribution in [0.4, 0.5) is 5.82 Å². The summed E-state index contributed by atoms with van der Waals surface area (Å²) in [6, 6.07) is 8.19. The van der Waals surface area contributed by atoms with E-state index >= 15 is 0 Å². The number of benzene rings is 1. The summed E-state index contributed by atoms with van der Waals surface area (Å²) in [5, 5.41) is 0. The monoisotopic (exact) mass is 294 g/mol. The van der Waals surface area contributed by atoms with Crippen LogP contribution in [0.5, 0.6) is 5.75 Å². The van der Waals surface area contributed by atoms with E-state index in [2.05, 4.69) is 27.0 Å². The molecule has 1 aliphatic heterocycles. The van der Waals surface area contributed by atoms with Gasteiger partial charge in [0.2, 0.25) is 5.78 Å². The number of imidazole rings is 1. The first kappa shape index (κ1) is 13.1. The maximum atomic E-state index is 5.40. The summed E-state index contributed by atoms with van der Waals surface area (Å²) in [4.78, 5) is 11.6. The number of aromatic nitrogens is 3. The van der Waals surface area contributed by atoms with Crippen molar-refractivity contribution >= 4 is 11.6 Å². The largest absolute Gasteiger partial charge is 0.496 e. The molecule has 0 aliphatic carbocycles. The molecule has 1 aliphatic rings. The van der Waals surface area contributed by atoms with Crippen LogP contribution in [-0.4, -0.2) is 34.6 Å². The molecule has 2 aromatic heterocycles. The number of hydrogen-bond acceptors (Lipinski definition) is 4. The van der Waals surface area contributed by atoms with Gasteiger partial charge in [-0.2, -0.15) is 4.98 Å². The lowest BCUT2D eigenvalue weighted by atomic mass is 10.1. The smallest absolute Gasteiger partial charge is 0.236 e. The third kappa shape index (κ3) is 2.09. The number of nitrogens with zero attached hydrogens (tertiary/aromatic N) is 4. The zero-order valence-electron chi connectivity index (χ0n) is 12.8. The van der Waals surface area contributed by atoms with Crippen LogP contribution >= 0.6 is 0 Å². The van der Waals surface area contributed by atoms with Crippen LogP contribution in [0.1, 0.15) is 12.0 Å². The summed E-state index contributed by atoms with van der Waals surface area (Å²) in [7, 11) is 1.69. The minimum atomic E-state index is 0.735. The van der Waals surface area contributed by atoms with Gasteiger partial charge < -0.3 is 9.64 Å². The minimum Gasteiger partial charge on any atom is -0.496 e. The van der Waals surface area contributed by atoms with Crippen molar-refractivity contribution in [3.63, 3.8) is 0 Å². The fourth-order valence-electron chi connectivity index (χ4n) is 2.70. The van der Waals surface area contributed by atoms with Crippen molar-refractivity contribution < 1.29 is 4.74 Å². The number of fused-ring (bicyclic) bond motifs is 1. The zero-order valence-corrected chi connectivity index (χ0v) is 12.8. The first-order valence-electron chi connectivity index (χ1n) is 7.50. The fourth-order valence-corrected chi connectivity index (χ4v) is 2.70. The van der Waals surface area contributed by atoms with E-state index in [1.54, 1.807) is 7.11 Å². The van der Waals surface area contributed by atoms with Gasteiger partial charge in [-0.25, -0.2) is 4.98 Å². The Hall–Kier alpha value is -2.56. The summed E-state index contributed by atoms with van der Waals surface area (Å²) in [5.74, 6) is 2.63. The number of rotatable bonds is 3. The van der Waals surface area contributed by atoms with Crippen LogP contribution in [0, 0.1) is 6.92 Å². The molecule has 0 atom stereocenters. The third-order valence-electron chi connectivity index (χ3n) is 4.20. The Morgan fingerprint density at radius 1 is 1.14 bits per heavy atom. The summed E-state index contributed by atoms with van der Waals surface area (Å²) in [6.45, 7) is 4.21. The highest BCUT2D eigenvalue weighted by Gasteiger charge is 2.16. The quantitative estimate of drug-likeness (QED) is 0.745. The maximum absolute atomic E-state index is 5.40. The van der Waals surface area contributed by atoms with Crippen LogP contribution in [0.25, 0.3) is 17.0 Å². The van der Waals surface area contributed by atoms with E-state index in [1.165, 1.54) is 6.42 Å². The molecular weight excluding hydrogens is 276 g/mol. The van der Waals surface area contributed by atoms with Crippen molar-refractivity contribution in [3.8, 4) is 17.0 Å². The van der Waals surface area contributed by atoms with Crippen molar-refractivity contribution in [2.45, 2.75) is 13.3 Å². The van der Waals surface area contributed by atoms with Crippen LogP contribution in [-0.2, 0) is 0 Å². The number of hydrogen-bond donors (Lipinski definition) is 0. The Labute approximate surface area is 129 Å². The number of ether oxygens (including phenoxy) is 1. The summed E-state index contributed by atoms with van der Waals surface area (Å²) >= 11 is 0. The van der Waals surface area contributed by atoms with Gasteiger partial charge in [0, 0.05) is 31.0 Å². The van der Waals surface area contributed by atoms with Crippen molar-refractivity contribution in [3.05, 3.63) is 42.2 Å². The highest BCUT2D eigenvalue weighted by atomic mass is 16.5. The van der Waals surface area contributed by atoms with Crippen LogP contribution in [0.2, 0.25) is 0 Å². The van der Waals surface area contributed by atoms with Crippen molar-refractivity contribution in [2.24, 2.45) is 0 Å². The molecule has 3 heterocycles.